The van der Waals surface area contributed by atoms with E-state index < -0.39 is 9.84 Å². The van der Waals surface area contributed by atoms with Crippen molar-refractivity contribution in [2.24, 2.45) is 0 Å². The summed E-state index contributed by atoms with van der Waals surface area (Å²) in [6.07, 6.45) is 2.37. The van der Waals surface area contributed by atoms with Crippen LogP contribution < -0.4 is 4.90 Å². The Bertz CT molecular complexity index is 1060. The van der Waals surface area contributed by atoms with Crippen molar-refractivity contribution in [3.63, 3.8) is 0 Å². The summed E-state index contributed by atoms with van der Waals surface area (Å²) in [5, 5.41) is 0.852. The number of anilines is 1. The number of aryl methyl sites for hydroxylation is 1. The van der Waals surface area contributed by atoms with Gasteiger partial charge >= 0.3 is 0 Å². The van der Waals surface area contributed by atoms with Crippen LogP contribution in [0, 0.1) is 0 Å². The highest BCUT2D eigenvalue weighted by atomic mass is 32.2. The number of ether oxygens (including phenoxy) is 1. The molecular formula is C21H22N2O3S. The van der Waals surface area contributed by atoms with Crippen molar-refractivity contribution in [2.75, 3.05) is 31.2 Å². The van der Waals surface area contributed by atoms with Crippen LogP contribution in [0.1, 0.15) is 12.5 Å². The largest absolute Gasteiger partial charge is 0.378 e. The van der Waals surface area contributed by atoms with E-state index >= 15 is 0 Å². The molecule has 2 aromatic carbocycles. The number of morpholine rings is 1. The van der Waals surface area contributed by atoms with Gasteiger partial charge in [-0.3, -0.25) is 4.98 Å². The van der Waals surface area contributed by atoms with Crippen molar-refractivity contribution in [3.05, 3.63) is 60.3 Å². The molecule has 0 bridgehead atoms. The summed E-state index contributed by atoms with van der Waals surface area (Å²) < 4.78 is 32.3. The van der Waals surface area contributed by atoms with Gasteiger partial charge < -0.3 is 9.64 Å². The van der Waals surface area contributed by atoms with Gasteiger partial charge in [0.05, 0.1) is 29.3 Å². The maximum absolute atomic E-state index is 13.4. The number of hydrogen-bond donors (Lipinski definition) is 0. The van der Waals surface area contributed by atoms with Crippen molar-refractivity contribution in [1.82, 2.24) is 4.98 Å². The molecule has 1 saturated heterocycles. The first-order valence-electron chi connectivity index (χ1n) is 9.15. The number of rotatable bonds is 4. The Morgan fingerprint density at radius 3 is 2.44 bits per heavy atom. The Kier molecular flexibility index (Phi) is 4.85. The lowest BCUT2D eigenvalue weighted by atomic mass is 10.1. The number of para-hydroxylation sites is 1. The first kappa shape index (κ1) is 17.9. The van der Waals surface area contributed by atoms with Gasteiger partial charge in [-0.1, -0.05) is 37.3 Å². The maximum atomic E-state index is 13.4. The number of fused-ring (bicyclic) bond motifs is 1. The molecule has 1 fully saturated rings. The summed E-state index contributed by atoms with van der Waals surface area (Å²) >= 11 is 0. The highest BCUT2D eigenvalue weighted by molar-refractivity contribution is 7.91. The molecule has 27 heavy (non-hydrogen) atoms. The number of nitrogens with zero attached hydrogens (tertiary/aromatic N) is 2. The third-order valence-electron chi connectivity index (χ3n) is 4.97. The van der Waals surface area contributed by atoms with Gasteiger partial charge in [-0.2, -0.15) is 0 Å². The van der Waals surface area contributed by atoms with E-state index in [0.717, 1.165) is 28.6 Å². The van der Waals surface area contributed by atoms with Crippen molar-refractivity contribution in [2.45, 2.75) is 23.1 Å². The SMILES string of the molecule is CCc1ccc(S(=O)(=O)c2cnc3ccccc3c2N2CCOCC2)cc1. The van der Waals surface area contributed by atoms with Gasteiger partial charge in [0, 0.05) is 24.7 Å². The molecule has 1 aromatic heterocycles. The van der Waals surface area contributed by atoms with Crippen LogP contribution in [-0.2, 0) is 21.0 Å². The molecule has 1 aliphatic heterocycles. The predicted octanol–water partition coefficient (Wildman–Crippen LogP) is 3.47. The predicted molar refractivity (Wildman–Crippen MR) is 106 cm³/mol. The summed E-state index contributed by atoms with van der Waals surface area (Å²) in [5.41, 5.74) is 2.63. The molecular weight excluding hydrogens is 360 g/mol. The molecule has 0 aliphatic carbocycles. The lowest BCUT2D eigenvalue weighted by Gasteiger charge is -2.31. The fraction of sp³-hybridized carbons (Fsp3) is 0.286. The van der Waals surface area contributed by atoms with E-state index in [1.807, 2.05) is 43.3 Å². The first-order valence-corrected chi connectivity index (χ1v) is 10.6. The molecule has 2 heterocycles. The fourth-order valence-corrected chi connectivity index (χ4v) is 4.88. The number of aromatic nitrogens is 1. The van der Waals surface area contributed by atoms with Crippen LogP contribution >= 0.6 is 0 Å². The standard InChI is InChI=1S/C21H22N2O3S/c1-2-16-7-9-17(10-8-16)27(24,25)20-15-22-19-6-4-3-5-18(19)21(20)23-11-13-26-14-12-23/h3-10,15H,2,11-14H2,1H3. The second kappa shape index (κ2) is 7.29. The molecule has 0 atom stereocenters. The van der Waals surface area contributed by atoms with Crippen LogP contribution in [0.2, 0.25) is 0 Å². The Morgan fingerprint density at radius 1 is 1.04 bits per heavy atom. The Morgan fingerprint density at radius 2 is 1.74 bits per heavy atom. The topological polar surface area (TPSA) is 59.5 Å². The fourth-order valence-electron chi connectivity index (χ4n) is 3.45. The molecule has 140 valence electrons. The Labute approximate surface area is 159 Å². The summed E-state index contributed by atoms with van der Waals surface area (Å²) in [4.78, 5) is 7.08. The van der Waals surface area contributed by atoms with Crippen molar-refractivity contribution in [3.8, 4) is 0 Å². The van der Waals surface area contributed by atoms with E-state index in [4.69, 9.17) is 4.74 Å². The van der Waals surface area contributed by atoms with Crippen LogP contribution in [0.25, 0.3) is 10.9 Å². The lowest BCUT2D eigenvalue weighted by molar-refractivity contribution is 0.122. The van der Waals surface area contributed by atoms with E-state index in [1.165, 1.54) is 6.20 Å². The van der Waals surface area contributed by atoms with Gasteiger partial charge in [0.2, 0.25) is 9.84 Å². The van der Waals surface area contributed by atoms with E-state index in [0.29, 0.717) is 31.2 Å². The average molecular weight is 382 g/mol. The zero-order valence-electron chi connectivity index (χ0n) is 15.3. The normalized spacial score (nSPS) is 15.2. The minimum absolute atomic E-state index is 0.257. The molecule has 6 heteroatoms. The minimum Gasteiger partial charge on any atom is -0.378 e. The van der Waals surface area contributed by atoms with E-state index in [9.17, 15) is 8.42 Å². The van der Waals surface area contributed by atoms with E-state index in [1.54, 1.807) is 12.1 Å². The molecule has 0 N–H and O–H groups in total. The van der Waals surface area contributed by atoms with Crippen LogP contribution in [-0.4, -0.2) is 39.7 Å². The second-order valence-corrected chi connectivity index (χ2v) is 8.51. The molecule has 0 amide bonds. The summed E-state index contributed by atoms with van der Waals surface area (Å²) in [5.74, 6) is 0. The highest BCUT2D eigenvalue weighted by Gasteiger charge is 2.27. The van der Waals surface area contributed by atoms with E-state index in [2.05, 4.69) is 9.88 Å². The minimum atomic E-state index is -3.68. The number of hydrogen-bond acceptors (Lipinski definition) is 5. The van der Waals surface area contributed by atoms with Crippen LogP contribution in [0.3, 0.4) is 0 Å². The summed E-state index contributed by atoms with van der Waals surface area (Å²) in [7, 11) is -3.68. The molecule has 1 aliphatic rings. The van der Waals surface area contributed by atoms with Gasteiger partial charge in [-0.05, 0) is 30.2 Å². The first-order chi connectivity index (χ1) is 13.1. The van der Waals surface area contributed by atoms with Gasteiger partial charge in [0.15, 0.2) is 0 Å². The van der Waals surface area contributed by atoms with Crippen LogP contribution in [0.15, 0.2) is 64.5 Å². The summed E-state index contributed by atoms with van der Waals surface area (Å²) in [6, 6.07) is 14.8. The number of sulfone groups is 1. The quantitative estimate of drug-likeness (QED) is 0.692. The van der Waals surface area contributed by atoms with Gasteiger partial charge in [-0.25, -0.2) is 8.42 Å². The van der Waals surface area contributed by atoms with Crippen molar-refractivity contribution >= 4 is 26.4 Å². The van der Waals surface area contributed by atoms with Gasteiger partial charge in [0.1, 0.15) is 4.90 Å². The molecule has 5 nitrogen and oxygen atoms in total. The number of pyridine rings is 1. The van der Waals surface area contributed by atoms with Crippen LogP contribution in [0.4, 0.5) is 5.69 Å². The zero-order valence-corrected chi connectivity index (χ0v) is 16.1. The highest BCUT2D eigenvalue weighted by Crippen LogP contribution is 2.36. The average Bonchev–Trinajstić information content (AvgIpc) is 2.73. The number of benzene rings is 2. The molecule has 4 rings (SSSR count). The smallest absolute Gasteiger partial charge is 0.210 e. The molecule has 0 spiro atoms. The third kappa shape index (κ3) is 3.31. The zero-order chi connectivity index (χ0) is 18.9. The lowest BCUT2D eigenvalue weighted by Crippen LogP contribution is -2.37. The second-order valence-electron chi connectivity index (χ2n) is 6.59. The molecule has 3 aromatic rings. The molecule has 0 unspecified atom stereocenters. The Hall–Kier alpha value is -2.44. The van der Waals surface area contributed by atoms with Crippen molar-refractivity contribution in [1.29, 1.82) is 0 Å². The monoisotopic (exact) mass is 382 g/mol. The van der Waals surface area contributed by atoms with Gasteiger partial charge in [-0.15, -0.1) is 0 Å². The van der Waals surface area contributed by atoms with E-state index in [-0.39, 0.29) is 4.90 Å². The summed E-state index contributed by atoms with van der Waals surface area (Å²) in [6.45, 7) is 4.53. The van der Waals surface area contributed by atoms with Crippen LogP contribution in [0.5, 0.6) is 0 Å². The maximum Gasteiger partial charge on any atom is 0.210 e. The molecule has 0 saturated carbocycles. The molecule has 0 radical (unpaired) electrons. The van der Waals surface area contributed by atoms with Crippen molar-refractivity contribution < 1.29 is 13.2 Å². The Balaban J connectivity index is 1.91. The van der Waals surface area contributed by atoms with Gasteiger partial charge in [0.25, 0.3) is 0 Å². The third-order valence-corrected chi connectivity index (χ3v) is 6.74.